The maximum Gasteiger partial charge on any atom is 0.0896 e. The van der Waals surface area contributed by atoms with Crippen LogP contribution in [-0.4, -0.2) is 50.9 Å². The van der Waals surface area contributed by atoms with Gasteiger partial charge in [-0.2, -0.15) is 0 Å². The first-order chi connectivity index (χ1) is 10.3. The first-order valence-corrected chi connectivity index (χ1v) is 7.93. The van der Waals surface area contributed by atoms with E-state index in [1.54, 1.807) is 7.11 Å². The summed E-state index contributed by atoms with van der Waals surface area (Å²) in [6.45, 7) is 3.47. The van der Waals surface area contributed by atoms with Crippen LogP contribution in [0.3, 0.4) is 0 Å². The third-order valence-electron chi connectivity index (χ3n) is 4.44. The highest BCUT2D eigenvalue weighted by Crippen LogP contribution is 2.38. The quantitative estimate of drug-likeness (QED) is 0.868. The second kappa shape index (κ2) is 6.88. The number of nitrogens with one attached hydrogen (secondary N) is 1. The summed E-state index contributed by atoms with van der Waals surface area (Å²) in [5.41, 5.74) is 2.59. The highest BCUT2D eigenvalue weighted by Gasteiger charge is 2.40. The molecule has 4 nitrogen and oxygen atoms in total. The third-order valence-corrected chi connectivity index (χ3v) is 4.44. The predicted octanol–water partition coefficient (Wildman–Crippen LogP) is 1.96. The minimum absolute atomic E-state index is 0.234. The highest BCUT2D eigenvalue weighted by molar-refractivity contribution is 5.26. The van der Waals surface area contributed by atoms with Crippen molar-refractivity contribution in [3.63, 3.8) is 0 Å². The number of rotatable bonds is 6. The van der Waals surface area contributed by atoms with Gasteiger partial charge in [-0.05, 0) is 31.0 Å². The van der Waals surface area contributed by atoms with E-state index in [-0.39, 0.29) is 6.10 Å². The van der Waals surface area contributed by atoms with E-state index in [1.807, 2.05) is 7.05 Å². The molecule has 1 aromatic carbocycles. The number of hydrogen-bond acceptors (Lipinski definition) is 4. The Hall–Kier alpha value is -0.940. The van der Waals surface area contributed by atoms with E-state index >= 15 is 0 Å². The van der Waals surface area contributed by atoms with E-state index in [4.69, 9.17) is 9.47 Å². The van der Waals surface area contributed by atoms with E-state index < -0.39 is 0 Å². The normalized spacial score (nSPS) is 27.0. The zero-order valence-corrected chi connectivity index (χ0v) is 13.0. The van der Waals surface area contributed by atoms with Gasteiger partial charge in [0.25, 0.3) is 0 Å². The van der Waals surface area contributed by atoms with E-state index in [9.17, 15) is 0 Å². The first-order valence-electron chi connectivity index (χ1n) is 7.93. The van der Waals surface area contributed by atoms with Crippen LogP contribution in [0.2, 0.25) is 0 Å². The summed E-state index contributed by atoms with van der Waals surface area (Å²) >= 11 is 0. The third kappa shape index (κ3) is 3.46. The fourth-order valence-electron chi connectivity index (χ4n) is 3.32. The standard InChI is InChI=1S/C17H26N2O2/c1-18-11-16-17(19(9-10-21-16)15-7-8-15)14-5-3-13(4-6-14)12-20-2/h3-6,15-18H,7-12H2,1-2H3. The number of benzene rings is 1. The summed E-state index contributed by atoms with van der Waals surface area (Å²) in [4.78, 5) is 2.65. The van der Waals surface area contributed by atoms with Gasteiger partial charge in [-0.1, -0.05) is 24.3 Å². The highest BCUT2D eigenvalue weighted by atomic mass is 16.5. The fourth-order valence-corrected chi connectivity index (χ4v) is 3.32. The lowest BCUT2D eigenvalue weighted by atomic mass is 9.96. The van der Waals surface area contributed by atoms with Crippen molar-refractivity contribution in [1.82, 2.24) is 10.2 Å². The molecule has 116 valence electrons. The molecule has 2 fully saturated rings. The first kappa shape index (κ1) is 15.0. The van der Waals surface area contributed by atoms with Gasteiger partial charge < -0.3 is 14.8 Å². The molecular formula is C17H26N2O2. The van der Waals surface area contributed by atoms with E-state index in [1.165, 1.54) is 24.0 Å². The van der Waals surface area contributed by atoms with Gasteiger partial charge in [-0.3, -0.25) is 4.90 Å². The van der Waals surface area contributed by atoms with Gasteiger partial charge in [0, 0.05) is 26.2 Å². The molecule has 2 unspecified atom stereocenters. The van der Waals surface area contributed by atoms with Crippen molar-refractivity contribution in [3.8, 4) is 0 Å². The Labute approximate surface area is 127 Å². The number of likely N-dealkylation sites (N-methyl/N-ethyl adjacent to an activating group) is 1. The van der Waals surface area contributed by atoms with Crippen molar-refractivity contribution in [3.05, 3.63) is 35.4 Å². The van der Waals surface area contributed by atoms with Crippen molar-refractivity contribution in [1.29, 1.82) is 0 Å². The molecule has 1 aliphatic heterocycles. The van der Waals surface area contributed by atoms with Gasteiger partial charge in [0.15, 0.2) is 0 Å². The summed E-state index contributed by atoms with van der Waals surface area (Å²) in [5.74, 6) is 0. The van der Waals surface area contributed by atoms with Gasteiger partial charge >= 0.3 is 0 Å². The summed E-state index contributed by atoms with van der Waals surface area (Å²) < 4.78 is 11.2. The van der Waals surface area contributed by atoms with Crippen LogP contribution in [0.1, 0.15) is 30.0 Å². The van der Waals surface area contributed by atoms with E-state index in [0.717, 1.165) is 25.7 Å². The average molecular weight is 290 g/mol. The summed E-state index contributed by atoms with van der Waals surface area (Å²) in [5, 5.41) is 3.28. The summed E-state index contributed by atoms with van der Waals surface area (Å²) in [7, 11) is 3.73. The van der Waals surface area contributed by atoms with Crippen LogP contribution in [0.4, 0.5) is 0 Å². The Kier molecular flexibility index (Phi) is 4.91. The largest absolute Gasteiger partial charge is 0.380 e. The van der Waals surface area contributed by atoms with Gasteiger partial charge in [-0.15, -0.1) is 0 Å². The molecule has 1 saturated heterocycles. The number of morpholine rings is 1. The van der Waals surface area contributed by atoms with Crippen LogP contribution in [0.5, 0.6) is 0 Å². The Morgan fingerprint density at radius 3 is 2.67 bits per heavy atom. The van der Waals surface area contributed by atoms with Crippen LogP contribution >= 0.6 is 0 Å². The molecule has 2 aliphatic rings. The number of ether oxygens (including phenoxy) is 2. The molecule has 2 atom stereocenters. The SMILES string of the molecule is CNCC1OCCN(C2CC2)C1c1ccc(COC)cc1. The molecule has 4 heteroatoms. The van der Waals surface area contributed by atoms with Gasteiger partial charge in [0.05, 0.1) is 25.4 Å². The summed E-state index contributed by atoms with van der Waals surface area (Å²) in [6.07, 6.45) is 2.91. The van der Waals surface area contributed by atoms with Crippen LogP contribution in [0, 0.1) is 0 Å². The maximum atomic E-state index is 6.04. The topological polar surface area (TPSA) is 33.7 Å². The molecule has 1 aliphatic carbocycles. The molecule has 3 rings (SSSR count). The Balaban J connectivity index is 1.81. The molecule has 1 saturated carbocycles. The van der Waals surface area contributed by atoms with Crippen molar-refractivity contribution in [2.24, 2.45) is 0 Å². The van der Waals surface area contributed by atoms with Crippen molar-refractivity contribution >= 4 is 0 Å². The molecule has 0 aromatic heterocycles. The Bertz CT molecular complexity index is 443. The van der Waals surface area contributed by atoms with Gasteiger partial charge in [0.1, 0.15) is 0 Å². The minimum atomic E-state index is 0.234. The van der Waals surface area contributed by atoms with Crippen LogP contribution in [0.25, 0.3) is 0 Å². The Morgan fingerprint density at radius 1 is 1.29 bits per heavy atom. The number of nitrogens with zero attached hydrogens (tertiary/aromatic N) is 1. The van der Waals surface area contributed by atoms with Crippen molar-refractivity contribution < 1.29 is 9.47 Å². The van der Waals surface area contributed by atoms with Crippen LogP contribution < -0.4 is 5.32 Å². The van der Waals surface area contributed by atoms with Crippen LogP contribution in [0.15, 0.2) is 24.3 Å². The molecule has 0 radical (unpaired) electrons. The molecule has 0 bridgehead atoms. The Morgan fingerprint density at radius 2 is 2.05 bits per heavy atom. The molecule has 0 amide bonds. The van der Waals surface area contributed by atoms with Gasteiger partial charge in [-0.25, -0.2) is 0 Å². The van der Waals surface area contributed by atoms with Crippen molar-refractivity contribution in [2.75, 3.05) is 33.9 Å². The average Bonchev–Trinajstić information content (AvgIpc) is 3.33. The van der Waals surface area contributed by atoms with E-state index in [0.29, 0.717) is 12.6 Å². The van der Waals surface area contributed by atoms with Crippen LogP contribution in [-0.2, 0) is 16.1 Å². The smallest absolute Gasteiger partial charge is 0.0896 e. The summed E-state index contributed by atoms with van der Waals surface area (Å²) in [6, 6.07) is 9.97. The zero-order valence-electron chi connectivity index (χ0n) is 13.0. The molecule has 1 aromatic rings. The number of methoxy groups -OCH3 is 1. The maximum absolute atomic E-state index is 6.04. The fraction of sp³-hybridized carbons (Fsp3) is 0.647. The molecule has 0 spiro atoms. The van der Waals surface area contributed by atoms with E-state index in [2.05, 4.69) is 34.5 Å². The molecular weight excluding hydrogens is 264 g/mol. The minimum Gasteiger partial charge on any atom is -0.380 e. The van der Waals surface area contributed by atoms with Gasteiger partial charge in [0.2, 0.25) is 0 Å². The molecule has 1 heterocycles. The second-order valence-electron chi connectivity index (χ2n) is 6.06. The lowest BCUT2D eigenvalue weighted by molar-refractivity contribution is -0.0740. The molecule has 21 heavy (non-hydrogen) atoms. The van der Waals surface area contributed by atoms with Crippen molar-refractivity contribution in [2.45, 2.75) is 37.6 Å². The molecule has 1 N–H and O–H groups in total. The zero-order chi connectivity index (χ0) is 14.7. The predicted molar refractivity (Wildman–Crippen MR) is 83.3 cm³/mol. The lowest BCUT2D eigenvalue weighted by Gasteiger charge is -2.42. The lowest BCUT2D eigenvalue weighted by Crippen LogP contribution is -2.49. The number of hydrogen-bond donors (Lipinski definition) is 1. The monoisotopic (exact) mass is 290 g/mol. The second-order valence-corrected chi connectivity index (χ2v) is 6.06.